The van der Waals surface area contributed by atoms with E-state index in [1.165, 1.54) is 20.0 Å². The van der Waals surface area contributed by atoms with Gasteiger partial charge in [0.2, 0.25) is 0 Å². The van der Waals surface area contributed by atoms with Gasteiger partial charge in [0.25, 0.3) is 0 Å². The van der Waals surface area contributed by atoms with E-state index in [2.05, 4.69) is 6.92 Å². The number of methoxy groups -OCH3 is 1. The van der Waals surface area contributed by atoms with Crippen LogP contribution in [0.5, 0.6) is 5.75 Å². The molecule has 0 radical (unpaired) electrons. The quantitative estimate of drug-likeness (QED) is 0.901. The van der Waals surface area contributed by atoms with Gasteiger partial charge in [0.1, 0.15) is 0 Å². The SMILES string of the molecule is CCC1CCC(CN)C(c2cccc(OC)c2F)C1. The molecule has 1 fully saturated rings. The topological polar surface area (TPSA) is 35.2 Å². The van der Waals surface area contributed by atoms with Crippen molar-refractivity contribution in [3.8, 4) is 5.75 Å². The van der Waals surface area contributed by atoms with Crippen LogP contribution >= 0.6 is 0 Å². The molecule has 0 aliphatic heterocycles. The van der Waals surface area contributed by atoms with Crippen LogP contribution in [0.4, 0.5) is 4.39 Å². The fraction of sp³-hybridized carbons (Fsp3) is 0.625. The van der Waals surface area contributed by atoms with E-state index >= 15 is 0 Å². The Morgan fingerprint density at radius 2 is 2.16 bits per heavy atom. The number of hydrogen-bond acceptors (Lipinski definition) is 2. The number of benzene rings is 1. The molecule has 1 aliphatic rings. The summed E-state index contributed by atoms with van der Waals surface area (Å²) in [6.07, 6.45) is 4.54. The maximum Gasteiger partial charge on any atom is 0.168 e. The molecule has 2 rings (SSSR count). The highest BCUT2D eigenvalue weighted by Crippen LogP contribution is 2.43. The molecular formula is C16H24FNO. The van der Waals surface area contributed by atoms with Crippen LogP contribution in [0.3, 0.4) is 0 Å². The molecule has 1 aliphatic carbocycles. The summed E-state index contributed by atoms with van der Waals surface area (Å²) in [5.41, 5.74) is 6.67. The van der Waals surface area contributed by atoms with E-state index in [9.17, 15) is 4.39 Å². The number of hydrogen-bond donors (Lipinski definition) is 1. The molecular weight excluding hydrogens is 241 g/mol. The molecule has 106 valence electrons. The van der Waals surface area contributed by atoms with Crippen LogP contribution in [-0.2, 0) is 0 Å². The predicted molar refractivity (Wildman–Crippen MR) is 75.9 cm³/mol. The molecule has 1 saturated carbocycles. The highest BCUT2D eigenvalue weighted by molar-refractivity contribution is 5.34. The molecule has 0 spiro atoms. The highest BCUT2D eigenvalue weighted by Gasteiger charge is 2.32. The fourth-order valence-corrected chi connectivity index (χ4v) is 3.33. The van der Waals surface area contributed by atoms with Crippen molar-refractivity contribution < 1.29 is 9.13 Å². The van der Waals surface area contributed by atoms with Gasteiger partial charge in [0, 0.05) is 0 Å². The van der Waals surface area contributed by atoms with E-state index in [1.807, 2.05) is 12.1 Å². The number of ether oxygens (including phenoxy) is 1. The summed E-state index contributed by atoms with van der Waals surface area (Å²) in [7, 11) is 1.51. The third-order valence-electron chi connectivity index (χ3n) is 4.59. The third-order valence-corrected chi connectivity index (χ3v) is 4.59. The van der Waals surface area contributed by atoms with Crippen LogP contribution in [0.1, 0.15) is 44.1 Å². The van der Waals surface area contributed by atoms with Gasteiger partial charge in [-0.2, -0.15) is 0 Å². The predicted octanol–water partition coefficient (Wildman–Crippen LogP) is 3.70. The second-order valence-corrected chi connectivity index (χ2v) is 5.55. The van der Waals surface area contributed by atoms with E-state index in [1.54, 1.807) is 6.07 Å². The van der Waals surface area contributed by atoms with E-state index < -0.39 is 0 Å². The molecule has 2 N–H and O–H groups in total. The van der Waals surface area contributed by atoms with Crippen LogP contribution < -0.4 is 10.5 Å². The highest BCUT2D eigenvalue weighted by atomic mass is 19.1. The monoisotopic (exact) mass is 265 g/mol. The average molecular weight is 265 g/mol. The zero-order valence-corrected chi connectivity index (χ0v) is 11.9. The first-order valence-corrected chi connectivity index (χ1v) is 7.23. The lowest BCUT2D eigenvalue weighted by atomic mass is 9.70. The van der Waals surface area contributed by atoms with E-state index in [0.717, 1.165) is 18.4 Å². The van der Waals surface area contributed by atoms with Crippen molar-refractivity contribution >= 4 is 0 Å². The van der Waals surface area contributed by atoms with E-state index in [0.29, 0.717) is 24.1 Å². The molecule has 0 amide bonds. The number of rotatable bonds is 4. The van der Waals surface area contributed by atoms with Crippen LogP contribution in [0.25, 0.3) is 0 Å². The minimum Gasteiger partial charge on any atom is -0.494 e. The zero-order valence-electron chi connectivity index (χ0n) is 11.9. The van der Waals surface area contributed by atoms with Gasteiger partial charge >= 0.3 is 0 Å². The summed E-state index contributed by atoms with van der Waals surface area (Å²) >= 11 is 0. The molecule has 0 saturated heterocycles. The standard InChI is InChI=1S/C16H24FNO/c1-3-11-7-8-12(10-18)14(9-11)13-5-4-6-15(19-2)16(13)17/h4-6,11-12,14H,3,7-10,18H2,1-2H3. The van der Waals surface area contributed by atoms with Crippen LogP contribution in [-0.4, -0.2) is 13.7 Å². The molecule has 0 aromatic heterocycles. The van der Waals surface area contributed by atoms with E-state index in [-0.39, 0.29) is 11.7 Å². The summed E-state index contributed by atoms with van der Waals surface area (Å²) in [5, 5.41) is 0. The first kappa shape index (κ1) is 14.3. The van der Waals surface area contributed by atoms with Crippen LogP contribution in [0, 0.1) is 17.7 Å². The summed E-state index contributed by atoms with van der Waals surface area (Å²) in [6.45, 7) is 2.85. The largest absolute Gasteiger partial charge is 0.494 e. The second kappa shape index (κ2) is 6.38. The first-order chi connectivity index (χ1) is 9.21. The summed E-state index contributed by atoms with van der Waals surface area (Å²) in [4.78, 5) is 0. The molecule has 2 nitrogen and oxygen atoms in total. The molecule has 0 bridgehead atoms. The molecule has 19 heavy (non-hydrogen) atoms. The van der Waals surface area contributed by atoms with Gasteiger partial charge in [0.05, 0.1) is 7.11 Å². The second-order valence-electron chi connectivity index (χ2n) is 5.55. The Kier molecular flexibility index (Phi) is 4.81. The van der Waals surface area contributed by atoms with Crippen molar-refractivity contribution in [1.82, 2.24) is 0 Å². The van der Waals surface area contributed by atoms with Crippen molar-refractivity contribution in [3.63, 3.8) is 0 Å². The maximum absolute atomic E-state index is 14.4. The lowest BCUT2D eigenvalue weighted by molar-refractivity contribution is 0.231. The van der Waals surface area contributed by atoms with Crippen LogP contribution in [0.15, 0.2) is 18.2 Å². The van der Waals surface area contributed by atoms with Gasteiger partial charge < -0.3 is 10.5 Å². The molecule has 1 aromatic carbocycles. The van der Waals surface area contributed by atoms with Crippen molar-refractivity contribution in [2.24, 2.45) is 17.6 Å². The lowest BCUT2D eigenvalue weighted by Gasteiger charge is -2.36. The van der Waals surface area contributed by atoms with Crippen molar-refractivity contribution in [2.75, 3.05) is 13.7 Å². The average Bonchev–Trinajstić information content (AvgIpc) is 2.47. The van der Waals surface area contributed by atoms with Gasteiger partial charge in [-0.3, -0.25) is 0 Å². The Morgan fingerprint density at radius 3 is 2.79 bits per heavy atom. The molecule has 1 aromatic rings. The van der Waals surface area contributed by atoms with Gasteiger partial charge in [-0.15, -0.1) is 0 Å². The molecule has 0 heterocycles. The number of halogens is 1. The smallest absolute Gasteiger partial charge is 0.168 e. The van der Waals surface area contributed by atoms with Gasteiger partial charge in [-0.1, -0.05) is 31.9 Å². The van der Waals surface area contributed by atoms with Gasteiger partial charge in [-0.05, 0) is 48.8 Å². The van der Waals surface area contributed by atoms with Gasteiger partial charge in [0.15, 0.2) is 11.6 Å². The Balaban J connectivity index is 2.31. The Labute approximate surface area is 115 Å². The minimum atomic E-state index is -0.204. The van der Waals surface area contributed by atoms with Gasteiger partial charge in [-0.25, -0.2) is 4.39 Å². The van der Waals surface area contributed by atoms with E-state index in [4.69, 9.17) is 10.5 Å². The Morgan fingerprint density at radius 1 is 1.37 bits per heavy atom. The summed E-state index contributed by atoms with van der Waals surface area (Å²) in [6, 6.07) is 5.44. The molecule has 3 heteroatoms. The first-order valence-electron chi connectivity index (χ1n) is 7.23. The van der Waals surface area contributed by atoms with Crippen molar-refractivity contribution in [3.05, 3.63) is 29.6 Å². The number of nitrogens with two attached hydrogens (primary N) is 1. The summed E-state index contributed by atoms with van der Waals surface area (Å²) in [5.74, 6) is 1.46. The normalized spacial score (nSPS) is 27.3. The zero-order chi connectivity index (χ0) is 13.8. The van der Waals surface area contributed by atoms with Crippen LogP contribution in [0.2, 0.25) is 0 Å². The Bertz CT molecular complexity index is 421. The van der Waals surface area contributed by atoms with Crippen molar-refractivity contribution in [2.45, 2.75) is 38.5 Å². The molecule has 3 atom stereocenters. The summed E-state index contributed by atoms with van der Waals surface area (Å²) < 4.78 is 19.5. The molecule has 3 unspecified atom stereocenters. The minimum absolute atomic E-state index is 0.204. The maximum atomic E-state index is 14.4. The lowest BCUT2D eigenvalue weighted by Crippen LogP contribution is -2.29. The Hall–Kier alpha value is -1.09. The third kappa shape index (κ3) is 2.92. The fourth-order valence-electron chi connectivity index (χ4n) is 3.33. The van der Waals surface area contributed by atoms with Crippen molar-refractivity contribution in [1.29, 1.82) is 0 Å².